The Morgan fingerprint density at radius 3 is 2.95 bits per heavy atom. The van der Waals surface area contributed by atoms with Crippen LogP contribution in [0, 0.1) is 11.3 Å². The Kier molecular flexibility index (Phi) is 3.30. The highest BCUT2D eigenvalue weighted by atomic mass is 32.2. The molecule has 0 bridgehead atoms. The Balaban J connectivity index is 2.37. The zero-order chi connectivity index (χ0) is 14.1. The Labute approximate surface area is 123 Å². The summed E-state index contributed by atoms with van der Waals surface area (Å²) >= 11 is 2.93. The number of rotatable bonds is 2. The smallest absolute Gasteiger partial charge is 0.270 e. The van der Waals surface area contributed by atoms with Crippen LogP contribution in [0.1, 0.15) is 5.56 Å². The van der Waals surface area contributed by atoms with E-state index in [-0.39, 0.29) is 5.56 Å². The van der Waals surface area contributed by atoms with Gasteiger partial charge in [-0.2, -0.15) is 5.26 Å². The Morgan fingerprint density at radius 2 is 2.20 bits per heavy atom. The SMILES string of the molecule is CSc1nc(-c2csc3ccccc23)c(C#N)c(=O)[nH]1. The summed E-state index contributed by atoms with van der Waals surface area (Å²) in [6.45, 7) is 0. The average molecular weight is 299 g/mol. The van der Waals surface area contributed by atoms with E-state index in [2.05, 4.69) is 9.97 Å². The second-order valence-corrected chi connectivity index (χ2v) is 5.76. The van der Waals surface area contributed by atoms with E-state index in [9.17, 15) is 10.1 Å². The van der Waals surface area contributed by atoms with E-state index in [1.54, 1.807) is 11.3 Å². The van der Waals surface area contributed by atoms with Gasteiger partial charge in [0, 0.05) is 21.0 Å². The number of nitrogens with zero attached hydrogens (tertiary/aromatic N) is 2. The predicted octanol–water partition coefficient (Wildman–Crippen LogP) is 3.25. The Hall–Kier alpha value is -2.10. The largest absolute Gasteiger partial charge is 0.300 e. The molecule has 0 aliphatic rings. The van der Waals surface area contributed by atoms with Gasteiger partial charge in [0.05, 0.1) is 5.69 Å². The van der Waals surface area contributed by atoms with E-state index in [1.165, 1.54) is 11.8 Å². The highest BCUT2D eigenvalue weighted by molar-refractivity contribution is 7.98. The molecule has 0 saturated heterocycles. The Morgan fingerprint density at radius 1 is 1.40 bits per heavy atom. The van der Waals surface area contributed by atoms with Gasteiger partial charge in [-0.25, -0.2) is 4.98 Å². The minimum Gasteiger partial charge on any atom is -0.300 e. The molecule has 0 fully saturated rings. The van der Waals surface area contributed by atoms with E-state index in [4.69, 9.17) is 0 Å². The summed E-state index contributed by atoms with van der Waals surface area (Å²) in [5, 5.41) is 12.7. The molecule has 20 heavy (non-hydrogen) atoms. The molecule has 0 unspecified atom stereocenters. The predicted molar refractivity (Wildman–Crippen MR) is 82.2 cm³/mol. The highest BCUT2D eigenvalue weighted by Gasteiger charge is 2.16. The lowest BCUT2D eigenvalue weighted by molar-refractivity contribution is 0.939. The van der Waals surface area contributed by atoms with Crippen molar-refractivity contribution < 1.29 is 0 Å². The molecule has 0 amide bonds. The molecule has 0 atom stereocenters. The van der Waals surface area contributed by atoms with Crippen molar-refractivity contribution in [3.63, 3.8) is 0 Å². The standard InChI is InChI=1S/C14H9N3OS2/c1-19-14-16-12(9(6-15)13(18)17-14)10-7-20-11-5-3-2-4-8(10)11/h2-5,7H,1H3,(H,16,17,18). The molecule has 0 aliphatic heterocycles. The van der Waals surface area contributed by atoms with Crippen molar-refractivity contribution in [1.29, 1.82) is 5.26 Å². The number of H-pyrrole nitrogens is 1. The van der Waals surface area contributed by atoms with Crippen LogP contribution in [0.25, 0.3) is 21.3 Å². The summed E-state index contributed by atoms with van der Waals surface area (Å²) in [7, 11) is 0. The number of hydrogen-bond acceptors (Lipinski definition) is 5. The number of aromatic amines is 1. The maximum Gasteiger partial charge on any atom is 0.270 e. The first-order valence-electron chi connectivity index (χ1n) is 5.79. The first-order valence-corrected chi connectivity index (χ1v) is 7.90. The van der Waals surface area contributed by atoms with Crippen LogP contribution in [0.15, 0.2) is 39.6 Å². The van der Waals surface area contributed by atoms with Gasteiger partial charge in [-0.1, -0.05) is 30.0 Å². The van der Waals surface area contributed by atoms with Crippen LogP contribution in [0.5, 0.6) is 0 Å². The van der Waals surface area contributed by atoms with Crippen LogP contribution in [-0.2, 0) is 0 Å². The molecule has 6 heteroatoms. The summed E-state index contributed by atoms with van der Waals surface area (Å²) < 4.78 is 1.11. The quantitative estimate of drug-likeness (QED) is 0.582. The van der Waals surface area contributed by atoms with Crippen molar-refractivity contribution in [2.45, 2.75) is 5.16 Å². The van der Waals surface area contributed by atoms with E-state index in [0.717, 1.165) is 15.6 Å². The molecule has 2 heterocycles. The van der Waals surface area contributed by atoms with Crippen molar-refractivity contribution in [3.8, 4) is 17.3 Å². The molecular weight excluding hydrogens is 290 g/mol. The van der Waals surface area contributed by atoms with Crippen molar-refractivity contribution in [3.05, 3.63) is 45.6 Å². The molecule has 3 rings (SSSR count). The minimum atomic E-state index is -0.392. The second kappa shape index (κ2) is 5.12. The number of hydrogen-bond donors (Lipinski definition) is 1. The molecule has 0 aliphatic carbocycles. The van der Waals surface area contributed by atoms with E-state index < -0.39 is 5.56 Å². The van der Waals surface area contributed by atoms with Crippen LogP contribution < -0.4 is 5.56 Å². The highest BCUT2D eigenvalue weighted by Crippen LogP contribution is 2.33. The third-order valence-electron chi connectivity index (χ3n) is 2.94. The summed E-state index contributed by atoms with van der Waals surface area (Å²) in [6.07, 6.45) is 1.83. The van der Waals surface area contributed by atoms with Crippen molar-refractivity contribution in [2.75, 3.05) is 6.26 Å². The third kappa shape index (κ3) is 2.01. The minimum absolute atomic E-state index is 0.0614. The molecule has 3 aromatic rings. The lowest BCUT2D eigenvalue weighted by Gasteiger charge is -2.04. The van der Waals surface area contributed by atoms with E-state index in [0.29, 0.717) is 10.9 Å². The molecule has 4 nitrogen and oxygen atoms in total. The van der Waals surface area contributed by atoms with Crippen molar-refractivity contribution >= 4 is 33.2 Å². The summed E-state index contributed by atoms with van der Waals surface area (Å²) in [6, 6.07) is 9.85. The van der Waals surface area contributed by atoms with Crippen LogP contribution in [-0.4, -0.2) is 16.2 Å². The monoisotopic (exact) mass is 299 g/mol. The van der Waals surface area contributed by atoms with E-state index >= 15 is 0 Å². The van der Waals surface area contributed by atoms with Gasteiger partial charge >= 0.3 is 0 Å². The third-order valence-corrected chi connectivity index (χ3v) is 4.48. The number of nitrogens with one attached hydrogen (secondary N) is 1. The zero-order valence-corrected chi connectivity index (χ0v) is 12.1. The van der Waals surface area contributed by atoms with Gasteiger partial charge in [0.25, 0.3) is 5.56 Å². The molecule has 0 spiro atoms. The van der Waals surface area contributed by atoms with Gasteiger partial charge in [0.15, 0.2) is 5.16 Å². The first-order chi connectivity index (χ1) is 9.74. The number of aromatic nitrogens is 2. The lowest BCUT2D eigenvalue weighted by Crippen LogP contribution is -2.14. The maximum absolute atomic E-state index is 12.0. The maximum atomic E-state index is 12.0. The summed E-state index contributed by atoms with van der Waals surface area (Å²) in [5.41, 5.74) is 0.963. The molecule has 0 radical (unpaired) electrons. The zero-order valence-electron chi connectivity index (χ0n) is 10.5. The van der Waals surface area contributed by atoms with Gasteiger partial charge in [-0.3, -0.25) is 4.79 Å². The molecule has 1 N–H and O–H groups in total. The van der Waals surface area contributed by atoms with Gasteiger partial charge < -0.3 is 4.98 Å². The van der Waals surface area contributed by atoms with Gasteiger partial charge in [0.1, 0.15) is 11.6 Å². The summed E-state index contributed by atoms with van der Waals surface area (Å²) in [4.78, 5) is 19.0. The first kappa shape index (κ1) is 12.9. The fourth-order valence-electron chi connectivity index (χ4n) is 2.01. The molecule has 2 aromatic heterocycles. The molecular formula is C14H9N3OS2. The fraction of sp³-hybridized carbons (Fsp3) is 0.0714. The van der Waals surface area contributed by atoms with Crippen LogP contribution in [0.4, 0.5) is 0 Å². The van der Waals surface area contributed by atoms with Gasteiger partial charge in [-0.15, -0.1) is 11.3 Å². The average Bonchev–Trinajstić information content (AvgIpc) is 2.90. The van der Waals surface area contributed by atoms with Gasteiger partial charge in [-0.05, 0) is 12.3 Å². The number of nitriles is 1. The van der Waals surface area contributed by atoms with E-state index in [1.807, 2.05) is 42.0 Å². The number of thiophene rings is 1. The van der Waals surface area contributed by atoms with Gasteiger partial charge in [0.2, 0.25) is 0 Å². The second-order valence-electron chi connectivity index (χ2n) is 4.06. The normalized spacial score (nSPS) is 10.6. The number of fused-ring (bicyclic) bond motifs is 1. The topological polar surface area (TPSA) is 69.5 Å². The van der Waals surface area contributed by atoms with Crippen LogP contribution >= 0.6 is 23.1 Å². The number of benzene rings is 1. The molecule has 1 aromatic carbocycles. The van der Waals surface area contributed by atoms with Crippen LogP contribution in [0.3, 0.4) is 0 Å². The van der Waals surface area contributed by atoms with Crippen molar-refractivity contribution in [1.82, 2.24) is 9.97 Å². The fourth-order valence-corrected chi connectivity index (χ4v) is 3.33. The summed E-state index contributed by atoms with van der Waals surface area (Å²) in [5.74, 6) is 0. The van der Waals surface area contributed by atoms with Crippen LogP contribution in [0.2, 0.25) is 0 Å². The van der Waals surface area contributed by atoms with Crippen molar-refractivity contribution in [2.24, 2.45) is 0 Å². The lowest BCUT2D eigenvalue weighted by atomic mass is 10.1. The Bertz CT molecular complexity index is 889. The molecule has 98 valence electrons. The number of thioether (sulfide) groups is 1. The molecule has 0 saturated carbocycles.